The van der Waals surface area contributed by atoms with Gasteiger partial charge in [-0.25, -0.2) is 4.39 Å². The van der Waals surface area contributed by atoms with Crippen LogP contribution in [0.2, 0.25) is 5.02 Å². The summed E-state index contributed by atoms with van der Waals surface area (Å²) >= 11 is 6.20. The fraction of sp³-hybridized carbons (Fsp3) is 0.625. The normalized spacial score (nSPS) is 21.4. The van der Waals surface area contributed by atoms with Crippen LogP contribution in [0.4, 0.5) is 4.39 Å². The van der Waals surface area contributed by atoms with Gasteiger partial charge >= 0.3 is 0 Å². The minimum Gasteiger partial charge on any atom is -0.374 e. The first-order valence-electron chi connectivity index (χ1n) is 7.57. The van der Waals surface area contributed by atoms with Gasteiger partial charge in [0.25, 0.3) is 0 Å². The van der Waals surface area contributed by atoms with Crippen molar-refractivity contribution in [3.05, 3.63) is 34.6 Å². The number of hydrogen-bond donors (Lipinski definition) is 1. The molecule has 21 heavy (non-hydrogen) atoms. The van der Waals surface area contributed by atoms with E-state index in [2.05, 4.69) is 24.2 Å². The van der Waals surface area contributed by atoms with Crippen molar-refractivity contribution in [2.45, 2.75) is 31.9 Å². The van der Waals surface area contributed by atoms with Crippen LogP contribution in [0.5, 0.6) is 0 Å². The van der Waals surface area contributed by atoms with Crippen LogP contribution in [0.15, 0.2) is 18.2 Å². The lowest BCUT2D eigenvalue weighted by molar-refractivity contribution is -0.0383. The number of morpholine rings is 1. The lowest BCUT2D eigenvalue weighted by atomic mass is 9.99. The largest absolute Gasteiger partial charge is 0.374 e. The van der Waals surface area contributed by atoms with Gasteiger partial charge in [0.05, 0.1) is 12.7 Å². The van der Waals surface area contributed by atoms with Gasteiger partial charge in [-0.2, -0.15) is 0 Å². The summed E-state index contributed by atoms with van der Waals surface area (Å²) < 4.78 is 19.3. The molecule has 1 saturated heterocycles. The van der Waals surface area contributed by atoms with Crippen LogP contribution in [0.1, 0.15) is 18.9 Å². The van der Waals surface area contributed by atoms with Gasteiger partial charge in [-0.1, -0.05) is 18.5 Å². The lowest BCUT2D eigenvalue weighted by Crippen LogP contribution is -2.52. The van der Waals surface area contributed by atoms with E-state index in [0.717, 1.165) is 38.2 Å². The highest BCUT2D eigenvalue weighted by Gasteiger charge is 2.27. The summed E-state index contributed by atoms with van der Waals surface area (Å²) in [5.74, 6) is -0.245. The standard InChI is InChI=1S/C16H24ClFN2O/c1-3-6-19-15(16-11-20(2)7-8-21-16)10-12-9-13(18)4-5-14(12)17/h4-5,9,15-16,19H,3,6-8,10-11H2,1-2H3. The second-order valence-corrected chi connectivity index (χ2v) is 6.08. The molecule has 3 nitrogen and oxygen atoms in total. The van der Waals surface area contributed by atoms with Crippen molar-refractivity contribution >= 4 is 11.6 Å². The van der Waals surface area contributed by atoms with Gasteiger partial charge < -0.3 is 15.0 Å². The van der Waals surface area contributed by atoms with Gasteiger partial charge in [0.1, 0.15) is 5.82 Å². The number of ether oxygens (including phenoxy) is 1. The van der Waals surface area contributed by atoms with Crippen LogP contribution in [0.3, 0.4) is 0 Å². The maximum Gasteiger partial charge on any atom is 0.123 e. The molecule has 1 N–H and O–H groups in total. The maximum absolute atomic E-state index is 13.4. The van der Waals surface area contributed by atoms with Crippen molar-refractivity contribution in [3.63, 3.8) is 0 Å². The molecule has 118 valence electrons. The Hall–Kier alpha value is -0.680. The zero-order valence-electron chi connectivity index (χ0n) is 12.7. The Labute approximate surface area is 131 Å². The molecule has 5 heteroatoms. The molecular formula is C16H24ClFN2O. The fourth-order valence-electron chi connectivity index (χ4n) is 2.66. The van der Waals surface area contributed by atoms with Crippen molar-refractivity contribution in [1.29, 1.82) is 0 Å². The summed E-state index contributed by atoms with van der Waals surface area (Å²) in [6.45, 7) is 5.63. The van der Waals surface area contributed by atoms with Crippen molar-refractivity contribution in [3.8, 4) is 0 Å². The van der Waals surface area contributed by atoms with E-state index in [1.165, 1.54) is 12.1 Å². The number of hydrogen-bond acceptors (Lipinski definition) is 3. The number of nitrogens with zero attached hydrogens (tertiary/aromatic N) is 1. The number of halogens is 2. The Kier molecular flexibility index (Phi) is 6.42. The van der Waals surface area contributed by atoms with E-state index in [4.69, 9.17) is 16.3 Å². The third kappa shape index (κ3) is 4.92. The molecule has 1 aliphatic rings. The monoisotopic (exact) mass is 314 g/mol. The van der Waals surface area contributed by atoms with Gasteiger partial charge in [-0.3, -0.25) is 0 Å². The fourth-order valence-corrected chi connectivity index (χ4v) is 2.85. The minimum absolute atomic E-state index is 0.106. The van der Waals surface area contributed by atoms with E-state index in [1.807, 2.05) is 0 Å². The van der Waals surface area contributed by atoms with Crippen LogP contribution in [0.25, 0.3) is 0 Å². The Balaban J connectivity index is 2.09. The molecule has 1 aromatic rings. The van der Waals surface area contributed by atoms with E-state index in [-0.39, 0.29) is 18.0 Å². The molecule has 0 aromatic heterocycles. The highest BCUT2D eigenvalue weighted by Crippen LogP contribution is 2.21. The molecule has 2 atom stereocenters. The summed E-state index contributed by atoms with van der Waals surface area (Å²) in [5, 5.41) is 4.14. The molecule has 2 rings (SSSR count). The van der Waals surface area contributed by atoms with Crippen LogP contribution in [0, 0.1) is 5.82 Å². The molecule has 1 fully saturated rings. The maximum atomic E-state index is 13.4. The first-order chi connectivity index (χ1) is 10.1. The summed E-state index contributed by atoms with van der Waals surface area (Å²) in [6.07, 6.45) is 1.83. The van der Waals surface area contributed by atoms with Crippen molar-refractivity contribution in [2.75, 3.05) is 33.3 Å². The van der Waals surface area contributed by atoms with Gasteiger partial charge in [-0.05, 0) is 50.2 Å². The van der Waals surface area contributed by atoms with Crippen molar-refractivity contribution in [1.82, 2.24) is 10.2 Å². The molecule has 0 aliphatic carbocycles. The van der Waals surface area contributed by atoms with E-state index < -0.39 is 0 Å². The van der Waals surface area contributed by atoms with Crippen LogP contribution in [-0.2, 0) is 11.2 Å². The average Bonchev–Trinajstić information content (AvgIpc) is 2.47. The Morgan fingerprint density at radius 1 is 1.52 bits per heavy atom. The van der Waals surface area contributed by atoms with E-state index in [1.54, 1.807) is 6.07 Å². The smallest absolute Gasteiger partial charge is 0.123 e. The summed E-state index contributed by atoms with van der Waals surface area (Å²) in [7, 11) is 2.10. The predicted molar refractivity (Wildman–Crippen MR) is 84.4 cm³/mol. The Morgan fingerprint density at radius 2 is 2.33 bits per heavy atom. The van der Waals surface area contributed by atoms with Gasteiger partial charge in [0.2, 0.25) is 0 Å². The van der Waals surface area contributed by atoms with E-state index in [9.17, 15) is 4.39 Å². The topological polar surface area (TPSA) is 24.5 Å². The Bertz CT molecular complexity index is 458. The van der Waals surface area contributed by atoms with Crippen LogP contribution in [-0.4, -0.2) is 50.3 Å². The molecule has 0 saturated carbocycles. The predicted octanol–water partition coefficient (Wildman–Crippen LogP) is 2.72. The SMILES string of the molecule is CCCNC(Cc1cc(F)ccc1Cl)C1CN(C)CCO1. The number of nitrogens with one attached hydrogen (secondary N) is 1. The molecular weight excluding hydrogens is 291 g/mol. The van der Waals surface area contributed by atoms with Gasteiger partial charge in [-0.15, -0.1) is 0 Å². The zero-order valence-corrected chi connectivity index (χ0v) is 13.5. The van der Waals surface area contributed by atoms with Crippen LogP contribution >= 0.6 is 11.6 Å². The molecule has 1 aliphatic heterocycles. The van der Waals surface area contributed by atoms with Crippen molar-refractivity contribution in [2.24, 2.45) is 0 Å². The second kappa shape index (κ2) is 8.08. The van der Waals surface area contributed by atoms with Crippen LogP contribution < -0.4 is 5.32 Å². The number of likely N-dealkylation sites (N-methyl/N-ethyl adjacent to an activating group) is 1. The third-order valence-electron chi connectivity index (χ3n) is 3.85. The van der Waals surface area contributed by atoms with E-state index >= 15 is 0 Å². The summed E-state index contributed by atoms with van der Waals surface area (Å²) in [5.41, 5.74) is 0.835. The summed E-state index contributed by atoms with van der Waals surface area (Å²) in [6, 6.07) is 4.68. The molecule has 0 bridgehead atoms. The Morgan fingerprint density at radius 3 is 3.05 bits per heavy atom. The van der Waals surface area contributed by atoms with Crippen molar-refractivity contribution < 1.29 is 9.13 Å². The highest BCUT2D eigenvalue weighted by molar-refractivity contribution is 6.31. The average molecular weight is 315 g/mol. The molecule has 1 heterocycles. The quantitative estimate of drug-likeness (QED) is 0.874. The van der Waals surface area contributed by atoms with Gasteiger partial charge in [0, 0.05) is 24.2 Å². The summed E-state index contributed by atoms with van der Waals surface area (Å²) in [4.78, 5) is 2.27. The molecule has 2 unspecified atom stereocenters. The number of rotatable bonds is 6. The molecule has 0 spiro atoms. The lowest BCUT2D eigenvalue weighted by Gasteiger charge is -2.36. The first kappa shape index (κ1) is 16.7. The highest BCUT2D eigenvalue weighted by atomic mass is 35.5. The zero-order chi connectivity index (χ0) is 15.2. The molecule has 0 radical (unpaired) electrons. The first-order valence-corrected chi connectivity index (χ1v) is 7.95. The minimum atomic E-state index is -0.245. The molecule has 0 amide bonds. The molecule has 1 aromatic carbocycles. The van der Waals surface area contributed by atoms with Gasteiger partial charge in [0.15, 0.2) is 0 Å². The second-order valence-electron chi connectivity index (χ2n) is 5.67. The van der Waals surface area contributed by atoms with E-state index in [0.29, 0.717) is 11.4 Å². The third-order valence-corrected chi connectivity index (χ3v) is 4.22. The number of benzene rings is 1.